The lowest BCUT2D eigenvalue weighted by atomic mass is 10.1. The zero-order valence-corrected chi connectivity index (χ0v) is 11.7. The van der Waals surface area contributed by atoms with E-state index in [0.717, 1.165) is 23.4 Å². The Hall–Kier alpha value is -2.63. The molecule has 6 nitrogen and oxygen atoms in total. The van der Waals surface area contributed by atoms with Crippen LogP contribution in [0.3, 0.4) is 0 Å². The number of oxime groups is 1. The van der Waals surface area contributed by atoms with E-state index in [1.165, 1.54) is 0 Å². The van der Waals surface area contributed by atoms with Crippen LogP contribution in [0.4, 0.5) is 5.69 Å². The van der Waals surface area contributed by atoms with Gasteiger partial charge in [-0.3, -0.25) is 9.89 Å². The molecule has 108 valence electrons. The van der Waals surface area contributed by atoms with Crippen molar-refractivity contribution in [3.05, 3.63) is 47.3 Å². The minimum atomic E-state index is -0.0899. The van der Waals surface area contributed by atoms with Crippen LogP contribution in [0.25, 0.3) is 0 Å². The number of anilines is 1. The Bertz CT molecular complexity index is 705. The first-order chi connectivity index (χ1) is 10.2. The van der Waals surface area contributed by atoms with Gasteiger partial charge in [0.05, 0.1) is 23.2 Å². The molecule has 1 aliphatic rings. The summed E-state index contributed by atoms with van der Waals surface area (Å²) in [6, 6.07) is 7.50. The zero-order chi connectivity index (χ0) is 14.8. The zero-order valence-electron chi connectivity index (χ0n) is 11.7. The van der Waals surface area contributed by atoms with Gasteiger partial charge in [0.15, 0.2) is 0 Å². The molecule has 1 aromatic carbocycles. The molecular formula is C15H16N4O2. The van der Waals surface area contributed by atoms with Crippen LogP contribution in [0.15, 0.2) is 35.6 Å². The first-order valence-corrected chi connectivity index (χ1v) is 6.84. The van der Waals surface area contributed by atoms with Gasteiger partial charge in [-0.2, -0.15) is 5.10 Å². The van der Waals surface area contributed by atoms with Gasteiger partial charge in [-0.05, 0) is 25.8 Å². The number of para-hydroxylation sites is 1. The highest BCUT2D eigenvalue weighted by Gasteiger charge is 2.26. The Morgan fingerprint density at radius 3 is 2.95 bits per heavy atom. The molecule has 0 saturated heterocycles. The summed E-state index contributed by atoms with van der Waals surface area (Å²) in [7, 11) is 0. The molecule has 0 unspecified atom stereocenters. The van der Waals surface area contributed by atoms with Gasteiger partial charge in [-0.25, -0.2) is 0 Å². The summed E-state index contributed by atoms with van der Waals surface area (Å²) >= 11 is 0. The Morgan fingerprint density at radius 2 is 2.24 bits per heavy atom. The number of benzene rings is 1. The van der Waals surface area contributed by atoms with E-state index in [0.29, 0.717) is 24.2 Å². The molecule has 2 heterocycles. The number of carbonyl (C=O) groups is 1. The first-order valence-electron chi connectivity index (χ1n) is 6.84. The molecule has 6 heteroatoms. The SMILES string of the molecule is Cc1[nH]ncc1C(=O)N1CCC/C(=N/O)c2ccccc21. The minimum absolute atomic E-state index is 0.0899. The van der Waals surface area contributed by atoms with Crippen molar-refractivity contribution >= 4 is 17.3 Å². The third-order valence-electron chi connectivity index (χ3n) is 3.73. The summed E-state index contributed by atoms with van der Waals surface area (Å²) in [4.78, 5) is 14.5. The molecule has 21 heavy (non-hydrogen) atoms. The van der Waals surface area contributed by atoms with Crippen LogP contribution in [0.1, 0.15) is 34.5 Å². The van der Waals surface area contributed by atoms with E-state index in [1.54, 1.807) is 11.1 Å². The molecule has 3 rings (SSSR count). The van der Waals surface area contributed by atoms with E-state index in [-0.39, 0.29) is 5.91 Å². The third-order valence-corrected chi connectivity index (χ3v) is 3.73. The monoisotopic (exact) mass is 284 g/mol. The second kappa shape index (κ2) is 5.40. The Labute approximate surface area is 122 Å². The predicted molar refractivity (Wildman–Crippen MR) is 79.0 cm³/mol. The highest BCUT2D eigenvalue weighted by molar-refractivity contribution is 6.13. The number of carbonyl (C=O) groups excluding carboxylic acids is 1. The molecule has 0 radical (unpaired) electrons. The number of aryl methyl sites for hydroxylation is 1. The normalized spacial score (nSPS) is 16.6. The summed E-state index contributed by atoms with van der Waals surface area (Å²) in [5, 5.41) is 19.3. The lowest BCUT2D eigenvalue weighted by Crippen LogP contribution is -2.32. The van der Waals surface area contributed by atoms with Crippen molar-refractivity contribution in [2.24, 2.45) is 5.16 Å². The molecule has 0 saturated carbocycles. The van der Waals surface area contributed by atoms with Crippen molar-refractivity contribution in [1.82, 2.24) is 10.2 Å². The van der Waals surface area contributed by atoms with E-state index >= 15 is 0 Å². The van der Waals surface area contributed by atoms with E-state index in [1.807, 2.05) is 31.2 Å². The number of aromatic nitrogens is 2. The van der Waals surface area contributed by atoms with Crippen LogP contribution in [0, 0.1) is 6.92 Å². The Kier molecular flexibility index (Phi) is 3.43. The number of fused-ring (bicyclic) bond motifs is 1. The fourth-order valence-corrected chi connectivity index (χ4v) is 2.64. The Morgan fingerprint density at radius 1 is 1.43 bits per heavy atom. The molecule has 1 amide bonds. The van der Waals surface area contributed by atoms with Gasteiger partial charge >= 0.3 is 0 Å². The second-order valence-electron chi connectivity index (χ2n) is 5.03. The van der Waals surface area contributed by atoms with Crippen molar-refractivity contribution < 1.29 is 10.0 Å². The van der Waals surface area contributed by atoms with Gasteiger partial charge in [0, 0.05) is 17.8 Å². The molecule has 1 aromatic heterocycles. The summed E-state index contributed by atoms with van der Waals surface area (Å²) in [6.07, 6.45) is 2.94. The molecule has 1 aliphatic heterocycles. The largest absolute Gasteiger partial charge is 0.411 e. The minimum Gasteiger partial charge on any atom is -0.411 e. The second-order valence-corrected chi connectivity index (χ2v) is 5.03. The van der Waals surface area contributed by atoms with Crippen LogP contribution in [0.2, 0.25) is 0 Å². The molecule has 2 N–H and O–H groups in total. The van der Waals surface area contributed by atoms with E-state index in [2.05, 4.69) is 15.4 Å². The number of rotatable bonds is 1. The summed E-state index contributed by atoms with van der Waals surface area (Å²) < 4.78 is 0. The topological polar surface area (TPSA) is 81.6 Å². The maximum Gasteiger partial charge on any atom is 0.261 e. The average Bonchev–Trinajstić information content (AvgIpc) is 2.84. The number of nitrogens with one attached hydrogen (secondary N) is 1. The van der Waals surface area contributed by atoms with Gasteiger partial charge in [0.25, 0.3) is 5.91 Å². The summed E-state index contributed by atoms with van der Waals surface area (Å²) in [5.74, 6) is -0.0899. The van der Waals surface area contributed by atoms with E-state index in [4.69, 9.17) is 0 Å². The van der Waals surface area contributed by atoms with E-state index < -0.39 is 0 Å². The first kappa shape index (κ1) is 13.4. The smallest absolute Gasteiger partial charge is 0.261 e. The molecule has 0 spiro atoms. The number of hydrogen-bond acceptors (Lipinski definition) is 4. The van der Waals surface area contributed by atoms with Gasteiger partial charge < -0.3 is 10.1 Å². The number of amides is 1. The molecule has 0 aliphatic carbocycles. The lowest BCUT2D eigenvalue weighted by Gasteiger charge is -2.22. The van der Waals surface area contributed by atoms with Crippen molar-refractivity contribution in [2.75, 3.05) is 11.4 Å². The van der Waals surface area contributed by atoms with Crippen LogP contribution >= 0.6 is 0 Å². The van der Waals surface area contributed by atoms with Gasteiger partial charge in [0.2, 0.25) is 0 Å². The number of nitrogens with zero attached hydrogens (tertiary/aromatic N) is 3. The van der Waals surface area contributed by atoms with Crippen LogP contribution < -0.4 is 4.90 Å². The van der Waals surface area contributed by atoms with Gasteiger partial charge in [-0.1, -0.05) is 23.4 Å². The van der Waals surface area contributed by atoms with Crippen molar-refractivity contribution in [3.8, 4) is 0 Å². The van der Waals surface area contributed by atoms with Gasteiger partial charge in [0.1, 0.15) is 0 Å². The van der Waals surface area contributed by atoms with Crippen molar-refractivity contribution in [1.29, 1.82) is 0 Å². The van der Waals surface area contributed by atoms with Crippen molar-refractivity contribution in [3.63, 3.8) is 0 Å². The highest BCUT2D eigenvalue weighted by atomic mass is 16.4. The fraction of sp³-hybridized carbons (Fsp3) is 0.267. The average molecular weight is 284 g/mol. The molecular weight excluding hydrogens is 268 g/mol. The van der Waals surface area contributed by atoms with Crippen LogP contribution in [-0.2, 0) is 0 Å². The number of H-pyrrole nitrogens is 1. The maximum absolute atomic E-state index is 12.8. The standard InChI is InChI=1S/C15H16N4O2/c1-10-12(9-16-17-10)15(20)19-8-4-6-13(18-21)11-5-2-3-7-14(11)19/h2-3,5,7,9,21H,4,6,8H2,1H3,(H,16,17)/b18-13-. The summed E-state index contributed by atoms with van der Waals surface area (Å²) in [5.41, 5.74) is 3.50. The fourth-order valence-electron chi connectivity index (χ4n) is 2.64. The van der Waals surface area contributed by atoms with Crippen LogP contribution in [-0.4, -0.2) is 33.6 Å². The number of hydrogen-bond donors (Lipinski definition) is 2. The molecule has 2 aromatic rings. The molecule has 0 fully saturated rings. The third kappa shape index (κ3) is 2.29. The van der Waals surface area contributed by atoms with Crippen LogP contribution in [0.5, 0.6) is 0 Å². The molecule has 0 bridgehead atoms. The predicted octanol–water partition coefficient (Wildman–Crippen LogP) is 2.34. The molecule has 0 atom stereocenters. The lowest BCUT2D eigenvalue weighted by molar-refractivity contribution is 0.0986. The van der Waals surface area contributed by atoms with E-state index in [9.17, 15) is 10.0 Å². The number of aromatic amines is 1. The summed E-state index contributed by atoms with van der Waals surface area (Å²) in [6.45, 7) is 2.41. The Balaban J connectivity index is 2.07. The van der Waals surface area contributed by atoms with Gasteiger partial charge in [-0.15, -0.1) is 0 Å². The highest BCUT2D eigenvalue weighted by Crippen LogP contribution is 2.28. The van der Waals surface area contributed by atoms with Crippen molar-refractivity contribution in [2.45, 2.75) is 19.8 Å². The quantitative estimate of drug-likeness (QED) is 0.623. The maximum atomic E-state index is 12.8.